The second kappa shape index (κ2) is 7.30. The molecule has 1 saturated heterocycles. The largest absolute Gasteiger partial charge is 0.376 e. The zero-order valence-corrected chi connectivity index (χ0v) is 15.9. The smallest absolute Gasteiger partial charge is 0.145 e. The summed E-state index contributed by atoms with van der Waals surface area (Å²) >= 11 is 0. The molecule has 0 aliphatic carbocycles. The highest BCUT2D eigenvalue weighted by Gasteiger charge is 2.32. The molecule has 0 unspecified atom stereocenters. The van der Waals surface area contributed by atoms with Crippen molar-refractivity contribution in [2.24, 2.45) is 0 Å². The maximum absolute atomic E-state index is 9.90. The summed E-state index contributed by atoms with van der Waals surface area (Å²) in [6.07, 6.45) is 3.03. The van der Waals surface area contributed by atoms with Crippen LogP contribution in [0.15, 0.2) is 30.3 Å². The predicted molar refractivity (Wildman–Crippen MR) is 104 cm³/mol. The van der Waals surface area contributed by atoms with Crippen molar-refractivity contribution >= 4 is 5.82 Å². The average molecular weight is 363 g/mol. The first-order valence-electron chi connectivity index (χ1n) is 9.58. The number of aromatic nitrogens is 1. The van der Waals surface area contributed by atoms with Crippen LogP contribution < -0.4 is 5.32 Å². The number of benzene rings is 1. The van der Waals surface area contributed by atoms with Crippen molar-refractivity contribution in [2.75, 3.05) is 18.5 Å². The Kier molecular flexibility index (Phi) is 4.86. The van der Waals surface area contributed by atoms with E-state index in [1.165, 1.54) is 0 Å². The van der Waals surface area contributed by atoms with E-state index >= 15 is 0 Å². The number of pyridine rings is 1. The highest BCUT2D eigenvalue weighted by atomic mass is 16.5. The Hall–Kier alpha value is -2.42. The normalized spacial score (nSPS) is 20.7. The topological polar surface area (TPSA) is 67.2 Å². The van der Waals surface area contributed by atoms with E-state index in [0.717, 1.165) is 41.8 Å². The van der Waals surface area contributed by atoms with Crippen molar-refractivity contribution in [3.05, 3.63) is 47.0 Å². The van der Waals surface area contributed by atoms with Gasteiger partial charge in [0, 0.05) is 30.7 Å². The molecule has 0 amide bonds. The number of hydrogen-bond donors (Lipinski definition) is 1. The number of anilines is 1. The van der Waals surface area contributed by atoms with Crippen LogP contribution in [-0.2, 0) is 22.5 Å². The molecule has 1 fully saturated rings. The molecule has 2 aromatic rings. The van der Waals surface area contributed by atoms with Gasteiger partial charge in [-0.3, -0.25) is 0 Å². The Balaban J connectivity index is 1.79. The van der Waals surface area contributed by atoms with Gasteiger partial charge in [0.25, 0.3) is 0 Å². The molecule has 1 atom stereocenters. The second-order valence-electron chi connectivity index (χ2n) is 7.86. The van der Waals surface area contributed by atoms with Crippen LogP contribution in [0.2, 0.25) is 0 Å². The summed E-state index contributed by atoms with van der Waals surface area (Å²) in [6, 6.07) is 12.5. The lowest BCUT2D eigenvalue weighted by Gasteiger charge is -2.34. The molecule has 0 saturated carbocycles. The molecule has 4 rings (SSSR count). The number of rotatable bonds is 4. The molecule has 27 heavy (non-hydrogen) atoms. The number of nitriles is 1. The van der Waals surface area contributed by atoms with E-state index in [-0.39, 0.29) is 11.7 Å². The Morgan fingerprint density at radius 3 is 2.78 bits per heavy atom. The van der Waals surface area contributed by atoms with E-state index in [1.54, 1.807) is 0 Å². The number of fused-ring (bicyclic) bond motifs is 1. The van der Waals surface area contributed by atoms with Gasteiger partial charge < -0.3 is 14.8 Å². The molecule has 1 aromatic heterocycles. The molecule has 0 bridgehead atoms. The van der Waals surface area contributed by atoms with Gasteiger partial charge in [-0.05, 0) is 32.3 Å². The Morgan fingerprint density at radius 1 is 1.26 bits per heavy atom. The van der Waals surface area contributed by atoms with Gasteiger partial charge in [0.05, 0.1) is 29.6 Å². The fourth-order valence-electron chi connectivity index (χ4n) is 3.87. The Bertz CT molecular complexity index is 865. The quantitative estimate of drug-likeness (QED) is 0.887. The lowest BCUT2D eigenvalue weighted by atomic mass is 9.87. The van der Waals surface area contributed by atoms with E-state index in [4.69, 9.17) is 14.5 Å². The first kappa shape index (κ1) is 18.0. The molecule has 5 heteroatoms. The maximum Gasteiger partial charge on any atom is 0.145 e. The Morgan fingerprint density at radius 2 is 2.07 bits per heavy atom. The van der Waals surface area contributed by atoms with Gasteiger partial charge in [0.15, 0.2) is 0 Å². The first-order chi connectivity index (χ1) is 13.1. The van der Waals surface area contributed by atoms with Crippen LogP contribution in [0.4, 0.5) is 5.82 Å². The molecule has 0 radical (unpaired) electrons. The van der Waals surface area contributed by atoms with E-state index in [2.05, 4.69) is 37.4 Å². The molecule has 3 heterocycles. The highest BCUT2D eigenvalue weighted by molar-refractivity contribution is 5.72. The van der Waals surface area contributed by atoms with Crippen LogP contribution in [-0.4, -0.2) is 29.8 Å². The minimum atomic E-state index is -0.292. The zero-order valence-electron chi connectivity index (χ0n) is 15.9. The summed E-state index contributed by atoms with van der Waals surface area (Å²) in [5.74, 6) is 0.656. The second-order valence-corrected chi connectivity index (χ2v) is 7.86. The van der Waals surface area contributed by atoms with Crippen LogP contribution in [0.25, 0.3) is 11.3 Å². The third kappa shape index (κ3) is 3.69. The van der Waals surface area contributed by atoms with Gasteiger partial charge in [-0.15, -0.1) is 0 Å². The van der Waals surface area contributed by atoms with E-state index in [1.807, 2.05) is 18.2 Å². The molecular formula is C22H25N3O2. The van der Waals surface area contributed by atoms with Crippen molar-refractivity contribution in [2.45, 2.75) is 51.4 Å². The van der Waals surface area contributed by atoms with Gasteiger partial charge in [0.1, 0.15) is 11.9 Å². The summed E-state index contributed by atoms with van der Waals surface area (Å²) in [5, 5.41) is 13.3. The highest BCUT2D eigenvalue weighted by Crippen LogP contribution is 2.37. The fraction of sp³-hybridized carbons (Fsp3) is 0.455. The van der Waals surface area contributed by atoms with Gasteiger partial charge in [-0.25, -0.2) is 4.98 Å². The van der Waals surface area contributed by atoms with Gasteiger partial charge in [-0.2, -0.15) is 5.26 Å². The standard InChI is InChI=1S/C22H25N3O2/c1-22(2)11-17-18(12-23)21(24-13-16-9-6-10-26-16)25-20(19(17)14-27-22)15-7-4-3-5-8-15/h3-5,7-8,16H,6,9-11,13-14H2,1-2H3,(H,24,25)/t16-/m1/s1. The Labute approximate surface area is 160 Å². The van der Waals surface area contributed by atoms with Gasteiger partial charge >= 0.3 is 0 Å². The third-order valence-corrected chi connectivity index (χ3v) is 5.30. The minimum absolute atomic E-state index is 0.189. The predicted octanol–water partition coefficient (Wildman–Crippen LogP) is 4.06. The third-order valence-electron chi connectivity index (χ3n) is 5.30. The van der Waals surface area contributed by atoms with Crippen LogP contribution in [0.5, 0.6) is 0 Å². The van der Waals surface area contributed by atoms with Crippen LogP contribution in [0.1, 0.15) is 43.4 Å². The summed E-state index contributed by atoms with van der Waals surface area (Å²) in [5.41, 5.74) is 4.37. The molecule has 140 valence electrons. The van der Waals surface area contributed by atoms with E-state index in [9.17, 15) is 5.26 Å². The average Bonchev–Trinajstić information content (AvgIpc) is 3.19. The van der Waals surface area contributed by atoms with E-state index < -0.39 is 0 Å². The molecule has 2 aliphatic heterocycles. The van der Waals surface area contributed by atoms with Crippen molar-refractivity contribution in [1.29, 1.82) is 5.26 Å². The van der Waals surface area contributed by atoms with Crippen molar-refractivity contribution in [3.63, 3.8) is 0 Å². The number of nitrogens with one attached hydrogen (secondary N) is 1. The number of hydrogen-bond acceptors (Lipinski definition) is 5. The van der Waals surface area contributed by atoms with Crippen LogP contribution >= 0.6 is 0 Å². The number of nitrogens with zero attached hydrogens (tertiary/aromatic N) is 2. The summed E-state index contributed by atoms with van der Waals surface area (Å²) < 4.78 is 11.8. The van der Waals surface area contributed by atoms with Crippen LogP contribution in [0.3, 0.4) is 0 Å². The first-order valence-corrected chi connectivity index (χ1v) is 9.58. The molecule has 1 N–H and O–H groups in total. The lowest BCUT2D eigenvalue weighted by Crippen LogP contribution is -2.33. The monoisotopic (exact) mass is 363 g/mol. The molecule has 1 aromatic carbocycles. The summed E-state index contributed by atoms with van der Waals surface area (Å²) in [6.45, 7) is 6.10. The van der Waals surface area contributed by atoms with Gasteiger partial charge in [-0.1, -0.05) is 30.3 Å². The van der Waals surface area contributed by atoms with Gasteiger partial charge in [0.2, 0.25) is 0 Å². The molecule has 5 nitrogen and oxygen atoms in total. The molecule has 0 spiro atoms. The van der Waals surface area contributed by atoms with Crippen LogP contribution in [0, 0.1) is 11.3 Å². The SMILES string of the molecule is CC1(C)Cc2c(C#N)c(NC[C@H]3CCCO3)nc(-c3ccccc3)c2CO1. The fourth-order valence-corrected chi connectivity index (χ4v) is 3.87. The lowest BCUT2D eigenvalue weighted by molar-refractivity contribution is -0.0400. The van der Waals surface area contributed by atoms with Crippen molar-refractivity contribution < 1.29 is 9.47 Å². The molecule has 2 aliphatic rings. The minimum Gasteiger partial charge on any atom is -0.376 e. The van der Waals surface area contributed by atoms with E-state index in [0.29, 0.717) is 31.0 Å². The summed E-state index contributed by atoms with van der Waals surface area (Å²) in [7, 11) is 0. The number of ether oxygens (including phenoxy) is 2. The summed E-state index contributed by atoms with van der Waals surface area (Å²) in [4.78, 5) is 4.87. The molecular weight excluding hydrogens is 338 g/mol. The zero-order chi connectivity index (χ0) is 18.9. The maximum atomic E-state index is 9.90. The van der Waals surface area contributed by atoms with Crippen molar-refractivity contribution in [3.8, 4) is 17.3 Å². The van der Waals surface area contributed by atoms with Crippen molar-refractivity contribution in [1.82, 2.24) is 4.98 Å².